The van der Waals surface area contributed by atoms with E-state index in [1.54, 1.807) is 38.1 Å². The third-order valence-corrected chi connectivity index (χ3v) is 6.17. The van der Waals surface area contributed by atoms with Crippen LogP contribution >= 0.6 is 0 Å². The first-order chi connectivity index (χ1) is 13.2. The first-order valence-electron chi connectivity index (χ1n) is 9.71. The lowest BCUT2D eigenvalue weighted by molar-refractivity contribution is -0.127. The summed E-state index contributed by atoms with van der Waals surface area (Å²) in [6, 6.07) is 5.63. The summed E-state index contributed by atoms with van der Waals surface area (Å²) in [6.45, 7) is 2.37. The Bertz CT molecular complexity index is 813. The molecular weight excluding hydrogens is 376 g/mol. The fourth-order valence-corrected chi connectivity index (χ4v) is 4.27. The monoisotopic (exact) mass is 408 g/mol. The molecule has 0 aliphatic heterocycles. The standard InChI is InChI=1S/C20H32N4O3S/c1-15-12-16(10-11-18(15)28(4,26)27)13-21-20(22-14-19(25)24(2)3)23-17-8-6-5-7-9-17/h10-12,17H,5-9,13-14H2,1-4H3,(H2,21,22,23). The van der Waals surface area contributed by atoms with Crippen LogP contribution in [0.4, 0.5) is 0 Å². The Morgan fingerprint density at radius 1 is 1.21 bits per heavy atom. The van der Waals surface area contributed by atoms with Gasteiger partial charge in [0.05, 0.1) is 18.0 Å². The Kier molecular flexibility index (Phi) is 7.86. The molecule has 2 rings (SSSR count). The van der Waals surface area contributed by atoms with Crippen molar-refractivity contribution in [2.75, 3.05) is 26.9 Å². The highest BCUT2D eigenvalue weighted by molar-refractivity contribution is 7.90. The fourth-order valence-electron chi connectivity index (χ4n) is 3.31. The molecule has 0 heterocycles. The van der Waals surface area contributed by atoms with Crippen LogP contribution in [0, 0.1) is 6.92 Å². The summed E-state index contributed by atoms with van der Waals surface area (Å²) >= 11 is 0. The minimum absolute atomic E-state index is 0.0218. The van der Waals surface area contributed by atoms with Gasteiger partial charge in [-0.2, -0.15) is 0 Å². The second kappa shape index (κ2) is 9.91. The maximum Gasteiger partial charge on any atom is 0.241 e. The second-order valence-electron chi connectivity index (χ2n) is 7.66. The van der Waals surface area contributed by atoms with Gasteiger partial charge in [-0.05, 0) is 37.0 Å². The Morgan fingerprint density at radius 3 is 2.46 bits per heavy atom. The summed E-state index contributed by atoms with van der Waals surface area (Å²) in [5, 5.41) is 6.56. The van der Waals surface area contributed by atoms with E-state index in [-0.39, 0.29) is 12.5 Å². The first kappa shape index (κ1) is 22.2. The van der Waals surface area contributed by atoms with Crippen molar-refractivity contribution in [2.24, 2.45) is 4.99 Å². The van der Waals surface area contributed by atoms with Gasteiger partial charge in [-0.25, -0.2) is 13.4 Å². The molecule has 1 aliphatic carbocycles. The zero-order chi connectivity index (χ0) is 20.7. The van der Waals surface area contributed by atoms with E-state index in [1.165, 1.54) is 25.5 Å². The molecule has 8 heteroatoms. The van der Waals surface area contributed by atoms with E-state index in [2.05, 4.69) is 15.6 Å². The largest absolute Gasteiger partial charge is 0.354 e. The van der Waals surface area contributed by atoms with E-state index < -0.39 is 9.84 Å². The van der Waals surface area contributed by atoms with Crippen molar-refractivity contribution in [3.8, 4) is 0 Å². The summed E-state index contributed by atoms with van der Waals surface area (Å²) in [5.41, 5.74) is 1.64. The van der Waals surface area contributed by atoms with E-state index in [0.29, 0.717) is 29.0 Å². The van der Waals surface area contributed by atoms with E-state index in [1.807, 2.05) is 6.07 Å². The number of hydrogen-bond acceptors (Lipinski definition) is 4. The average molecular weight is 409 g/mol. The normalized spacial score (nSPS) is 15.9. The number of nitrogens with one attached hydrogen (secondary N) is 2. The average Bonchev–Trinajstić information content (AvgIpc) is 2.63. The highest BCUT2D eigenvalue weighted by atomic mass is 32.2. The van der Waals surface area contributed by atoms with E-state index >= 15 is 0 Å². The molecule has 1 aromatic rings. The minimum atomic E-state index is -3.23. The van der Waals surface area contributed by atoms with E-state index in [0.717, 1.165) is 18.4 Å². The predicted molar refractivity (Wildman–Crippen MR) is 112 cm³/mol. The SMILES string of the molecule is Cc1cc(CN=C(NCC(=O)N(C)C)NC2CCCCC2)ccc1S(C)(=O)=O. The lowest BCUT2D eigenvalue weighted by atomic mass is 9.96. The molecule has 1 fully saturated rings. The molecule has 1 amide bonds. The van der Waals surface area contributed by atoms with E-state index in [4.69, 9.17) is 0 Å². The van der Waals surface area contributed by atoms with Gasteiger partial charge in [0, 0.05) is 26.4 Å². The van der Waals surface area contributed by atoms with Crippen LogP contribution in [0.3, 0.4) is 0 Å². The van der Waals surface area contributed by atoms with Gasteiger partial charge in [-0.15, -0.1) is 0 Å². The van der Waals surface area contributed by atoms with Gasteiger partial charge in [0.25, 0.3) is 0 Å². The van der Waals surface area contributed by atoms with Crippen LogP contribution in [0.15, 0.2) is 28.1 Å². The molecule has 28 heavy (non-hydrogen) atoms. The summed E-state index contributed by atoms with van der Waals surface area (Å²) in [5.74, 6) is 0.596. The molecular formula is C20H32N4O3S. The molecule has 1 aliphatic rings. The number of benzene rings is 1. The number of aliphatic imine (C=N–C) groups is 1. The Hall–Kier alpha value is -2.09. The molecule has 7 nitrogen and oxygen atoms in total. The Morgan fingerprint density at radius 2 is 1.89 bits per heavy atom. The maximum absolute atomic E-state index is 11.9. The first-order valence-corrected chi connectivity index (χ1v) is 11.6. The fraction of sp³-hybridized carbons (Fsp3) is 0.600. The zero-order valence-electron chi connectivity index (χ0n) is 17.3. The van der Waals surface area contributed by atoms with Crippen LogP contribution in [0.5, 0.6) is 0 Å². The highest BCUT2D eigenvalue weighted by Gasteiger charge is 2.16. The Balaban J connectivity index is 2.10. The van der Waals surface area contributed by atoms with Crippen molar-refractivity contribution >= 4 is 21.7 Å². The molecule has 0 saturated heterocycles. The lowest BCUT2D eigenvalue weighted by Crippen LogP contribution is -2.47. The number of rotatable bonds is 6. The van der Waals surface area contributed by atoms with Crippen LogP contribution in [-0.2, 0) is 21.2 Å². The Labute approximate surface area is 168 Å². The number of sulfone groups is 1. The van der Waals surface area contributed by atoms with Gasteiger partial charge in [-0.3, -0.25) is 4.79 Å². The molecule has 1 saturated carbocycles. The third-order valence-electron chi connectivity index (χ3n) is 4.91. The maximum atomic E-state index is 11.9. The van der Waals surface area contributed by atoms with Crippen molar-refractivity contribution in [2.45, 2.75) is 56.5 Å². The molecule has 2 N–H and O–H groups in total. The van der Waals surface area contributed by atoms with Crippen molar-refractivity contribution in [3.63, 3.8) is 0 Å². The van der Waals surface area contributed by atoms with Crippen LogP contribution in [0.25, 0.3) is 0 Å². The quantitative estimate of drug-likeness (QED) is 0.554. The van der Waals surface area contributed by atoms with Gasteiger partial charge < -0.3 is 15.5 Å². The van der Waals surface area contributed by atoms with Gasteiger partial charge in [0.1, 0.15) is 0 Å². The van der Waals surface area contributed by atoms with Crippen LogP contribution < -0.4 is 10.6 Å². The van der Waals surface area contributed by atoms with Gasteiger partial charge in [-0.1, -0.05) is 31.4 Å². The van der Waals surface area contributed by atoms with Gasteiger partial charge in [0.2, 0.25) is 5.91 Å². The minimum Gasteiger partial charge on any atom is -0.354 e. The topological polar surface area (TPSA) is 90.9 Å². The van der Waals surface area contributed by atoms with Crippen molar-refractivity contribution in [1.29, 1.82) is 0 Å². The number of aryl methyl sites for hydroxylation is 1. The van der Waals surface area contributed by atoms with Gasteiger partial charge in [0.15, 0.2) is 15.8 Å². The van der Waals surface area contributed by atoms with Crippen molar-refractivity contribution in [1.82, 2.24) is 15.5 Å². The van der Waals surface area contributed by atoms with Crippen molar-refractivity contribution < 1.29 is 13.2 Å². The molecule has 1 aromatic carbocycles. The number of hydrogen-bond donors (Lipinski definition) is 2. The number of carbonyl (C=O) groups is 1. The predicted octanol–water partition coefficient (Wildman–Crippen LogP) is 1.85. The van der Waals surface area contributed by atoms with Gasteiger partial charge >= 0.3 is 0 Å². The molecule has 0 spiro atoms. The zero-order valence-corrected chi connectivity index (χ0v) is 18.1. The summed E-state index contributed by atoms with van der Waals surface area (Å²) < 4.78 is 23.5. The molecule has 0 bridgehead atoms. The number of guanidine groups is 1. The van der Waals surface area contributed by atoms with Crippen LogP contribution in [0.1, 0.15) is 43.2 Å². The number of carbonyl (C=O) groups excluding carboxylic acids is 1. The molecule has 0 atom stereocenters. The smallest absolute Gasteiger partial charge is 0.241 e. The number of amides is 1. The summed E-state index contributed by atoms with van der Waals surface area (Å²) in [4.78, 5) is 18.4. The number of nitrogens with zero attached hydrogens (tertiary/aromatic N) is 2. The third kappa shape index (κ3) is 6.82. The lowest BCUT2D eigenvalue weighted by Gasteiger charge is -2.25. The molecule has 0 unspecified atom stereocenters. The molecule has 0 radical (unpaired) electrons. The van der Waals surface area contributed by atoms with Crippen LogP contribution in [-0.4, -0.2) is 58.1 Å². The summed E-state index contributed by atoms with van der Waals surface area (Å²) in [6.07, 6.45) is 7.09. The van der Waals surface area contributed by atoms with Crippen LogP contribution in [0.2, 0.25) is 0 Å². The second-order valence-corrected chi connectivity index (χ2v) is 9.64. The molecule has 156 valence electrons. The highest BCUT2D eigenvalue weighted by Crippen LogP contribution is 2.18. The summed E-state index contributed by atoms with van der Waals surface area (Å²) in [7, 11) is 0.218. The molecule has 0 aromatic heterocycles. The van der Waals surface area contributed by atoms with Crippen molar-refractivity contribution in [3.05, 3.63) is 29.3 Å². The number of likely N-dealkylation sites (N-methyl/N-ethyl adjacent to an activating group) is 1. The van der Waals surface area contributed by atoms with E-state index in [9.17, 15) is 13.2 Å².